The van der Waals surface area contributed by atoms with Gasteiger partial charge in [-0.1, -0.05) is 39.0 Å². The molecule has 2 N–H and O–H groups in total. The molecule has 1 rings (SSSR count). The summed E-state index contributed by atoms with van der Waals surface area (Å²) in [7, 11) is 0. The number of nitrogens with zero attached hydrogens (tertiary/aromatic N) is 1. The van der Waals surface area contributed by atoms with Gasteiger partial charge in [0, 0.05) is 6.61 Å². The van der Waals surface area contributed by atoms with Crippen molar-refractivity contribution in [3.63, 3.8) is 0 Å². The van der Waals surface area contributed by atoms with Crippen molar-refractivity contribution >= 4 is 0 Å². The predicted octanol–water partition coefficient (Wildman–Crippen LogP) is 2.99. The quantitative estimate of drug-likeness (QED) is 0.595. The lowest BCUT2D eigenvalue weighted by Gasteiger charge is -2.20. The molecule has 0 heterocycles. The van der Waals surface area contributed by atoms with Crippen molar-refractivity contribution in [2.75, 3.05) is 13.2 Å². The van der Waals surface area contributed by atoms with E-state index in [4.69, 9.17) is 15.7 Å². The Bertz CT molecular complexity index is 245. The standard InChI is InChI=1S/C14H26N2O/c1-2-3-4-5-6-7-10-17-12-14(16,11-15)13-8-9-13/h13H,2-10,12,16H2,1H3. The van der Waals surface area contributed by atoms with Crippen LogP contribution in [-0.2, 0) is 4.74 Å². The monoisotopic (exact) mass is 238 g/mol. The Hall–Kier alpha value is -0.590. The van der Waals surface area contributed by atoms with Gasteiger partial charge in [0.2, 0.25) is 0 Å². The number of rotatable bonds is 10. The van der Waals surface area contributed by atoms with Crippen molar-refractivity contribution in [1.29, 1.82) is 5.26 Å². The van der Waals surface area contributed by atoms with Crippen LogP contribution in [0.2, 0.25) is 0 Å². The average Bonchev–Trinajstić information content (AvgIpc) is 3.16. The highest BCUT2D eigenvalue weighted by molar-refractivity contribution is 5.13. The smallest absolute Gasteiger partial charge is 0.130 e. The molecule has 0 amide bonds. The predicted molar refractivity (Wildman–Crippen MR) is 69.5 cm³/mol. The zero-order valence-corrected chi connectivity index (χ0v) is 11.1. The Morgan fingerprint density at radius 1 is 1.24 bits per heavy atom. The highest BCUT2D eigenvalue weighted by atomic mass is 16.5. The van der Waals surface area contributed by atoms with Crippen LogP contribution in [0.3, 0.4) is 0 Å². The van der Waals surface area contributed by atoms with Gasteiger partial charge >= 0.3 is 0 Å². The first-order valence-corrected chi connectivity index (χ1v) is 7.01. The van der Waals surface area contributed by atoms with E-state index in [1.165, 1.54) is 32.1 Å². The lowest BCUT2D eigenvalue weighted by molar-refractivity contribution is 0.0924. The van der Waals surface area contributed by atoms with E-state index in [1.807, 2.05) is 0 Å². The average molecular weight is 238 g/mol. The van der Waals surface area contributed by atoms with Crippen molar-refractivity contribution in [2.24, 2.45) is 11.7 Å². The summed E-state index contributed by atoms with van der Waals surface area (Å²) in [5, 5.41) is 9.04. The summed E-state index contributed by atoms with van der Waals surface area (Å²) in [6.45, 7) is 3.38. The summed E-state index contributed by atoms with van der Waals surface area (Å²) in [5.41, 5.74) is 5.28. The van der Waals surface area contributed by atoms with E-state index in [2.05, 4.69) is 13.0 Å². The molecule has 0 aromatic carbocycles. The molecule has 1 saturated carbocycles. The molecular weight excluding hydrogens is 212 g/mol. The minimum absolute atomic E-state index is 0.372. The first kappa shape index (κ1) is 14.5. The molecule has 0 aromatic heterocycles. The van der Waals surface area contributed by atoms with Gasteiger partial charge in [-0.2, -0.15) is 5.26 Å². The third-order valence-electron chi connectivity index (χ3n) is 3.50. The van der Waals surface area contributed by atoms with Gasteiger partial charge in [0.15, 0.2) is 0 Å². The largest absolute Gasteiger partial charge is 0.378 e. The normalized spacial score (nSPS) is 18.6. The molecule has 0 spiro atoms. The van der Waals surface area contributed by atoms with Gasteiger partial charge in [0.1, 0.15) is 5.54 Å². The van der Waals surface area contributed by atoms with Crippen LogP contribution in [-0.4, -0.2) is 18.8 Å². The van der Waals surface area contributed by atoms with Crippen LogP contribution < -0.4 is 5.73 Å². The maximum Gasteiger partial charge on any atom is 0.130 e. The highest BCUT2D eigenvalue weighted by Crippen LogP contribution is 2.38. The molecule has 3 heteroatoms. The molecule has 1 aliphatic rings. The number of ether oxygens (including phenoxy) is 1. The molecule has 1 unspecified atom stereocenters. The van der Waals surface area contributed by atoms with Crippen molar-refractivity contribution in [3.05, 3.63) is 0 Å². The van der Waals surface area contributed by atoms with Crippen LogP contribution in [0.15, 0.2) is 0 Å². The van der Waals surface area contributed by atoms with Crippen LogP contribution in [0.4, 0.5) is 0 Å². The maximum atomic E-state index is 9.04. The van der Waals surface area contributed by atoms with Gasteiger partial charge in [0.25, 0.3) is 0 Å². The van der Waals surface area contributed by atoms with Crippen molar-refractivity contribution in [1.82, 2.24) is 0 Å². The first-order chi connectivity index (χ1) is 8.23. The molecule has 0 aromatic rings. The molecule has 3 nitrogen and oxygen atoms in total. The van der Waals surface area contributed by atoms with Gasteiger partial charge in [0.05, 0.1) is 12.7 Å². The molecule has 0 bridgehead atoms. The second-order valence-corrected chi connectivity index (χ2v) is 5.25. The fourth-order valence-corrected chi connectivity index (χ4v) is 2.07. The van der Waals surface area contributed by atoms with Gasteiger partial charge in [-0.05, 0) is 25.2 Å². The summed E-state index contributed by atoms with van der Waals surface area (Å²) in [4.78, 5) is 0. The number of unbranched alkanes of at least 4 members (excludes halogenated alkanes) is 5. The van der Waals surface area contributed by atoms with Crippen molar-refractivity contribution < 1.29 is 4.74 Å². The third-order valence-corrected chi connectivity index (χ3v) is 3.50. The topological polar surface area (TPSA) is 59.0 Å². The minimum atomic E-state index is -0.720. The molecule has 1 atom stereocenters. The van der Waals surface area contributed by atoms with E-state index in [0.717, 1.165) is 25.9 Å². The zero-order valence-electron chi connectivity index (χ0n) is 11.1. The lowest BCUT2D eigenvalue weighted by Crippen LogP contribution is -2.45. The highest BCUT2D eigenvalue weighted by Gasteiger charge is 2.42. The molecule has 98 valence electrons. The number of hydrogen-bond donors (Lipinski definition) is 1. The summed E-state index contributed by atoms with van der Waals surface area (Å²) in [6.07, 6.45) is 9.75. The van der Waals surface area contributed by atoms with Crippen LogP contribution in [0.5, 0.6) is 0 Å². The Labute approximate surface area is 105 Å². The molecule has 1 fully saturated rings. The van der Waals surface area contributed by atoms with Gasteiger partial charge in [-0.3, -0.25) is 0 Å². The second-order valence-electron chi connectivity index (χ2n) is 5.25. The Balaban J connectivity index is 1.95. The van der Waals surface area contributed by atoms with E-state index >= 15 is 0 Å². The summed E-state index contributed by atoms with van der Waals surface area (Å²) < 4.78 is 5.55. The Kier molecular flexibility index (Phi) is 6.54. The van der Waals surface area contributed by atoms with Gasteiger partial charge < -0.3 is 10.5 Å². The summed E-state index contributed by atoms with van der Waals surface area (Å²) in [6, 6.07) is 2.21. The van der Waals surface area contributed by atoms with E-state index < -0.39 is 5.54 Å². The van der Waals surface area contributed by atoms with Crippen molar-refractivity contribution in [3.8, 4) is 6.07 Å². The number of nitrogens with two attached hydrogens (primary N) is 1. The molecular formula is C14H26N2O. The molecule has 1 aliphatic carbocycles. The third kappa shape index (κ3) is 5.52. The fraction of sp³-hybridized carbons (Fsp3) is 0.929. The summed E-state index contributed by atoms with van der Waals surface area (Å²) >= 11 is 0. The van der Waals surface area contributed by atoms with Gasteiger partial charge in [-0.15, -0.1) is 0 Å². The first-order valence-electron chi connectivity index (χ1n) is 7.01. The number of hydrogen-bond acceptors (Lipinski definition) is 3. The van der Waals surface area contributed by atoms with E-state index in [-0.39, 0.29) is 0 Å². The second kappa shape index (κ2) is 7.68. The van der Waals surface area contributed by atoms with Crippen LogP contribution in [0.1, 0.15) is 58.3 Å². The fourth-order valence-electron chi connectivity index (χ4n) is 2.07. The molecule has 0 saturated heterocycles. The van der Waals surface area contributed by atoms with E-state index in [0.29, 0.717) is 12.5 Å². The Morgan fingerprint density at radius 2 is 1.88 bits per heavy atom. The number of nitriles is 1. The SMILES string of the molecule is CCCCCCCCOCC(N)(C#N)C1CC1. The van der Waals surface area contributed by atoms with Crippen LogP contribution in [0, 0.1) is 17.2 Å². The summed E-state index contributed by atoms with van der Waals surface area (Å²) in [5.74, 6) is 0.372. The van der Waals surface area contributed by atoms with E-state index in [1.54, 1.807) is 0 Å². The zero-order chi connectivity index (χ0) is 12.6. The Morgan fingerprint density at radius 3 is 2.47 bits per heavy atom. The molecule has 17 heavy (non-hydrogen) atoms. The minimum Gasteiger partial charge on any atom is -0.378 e. The molecule has 0 aliphatic heterocycles. The van der Waals surface area contributed by atoms with Crippen molar-refractivity contribution in [2.45, 2.75) is 63.8 Å². The molecule has 0 radical (unpaired) electrons. The lowest BCUT2D eigenvalue weighted by atomic mass is 9.98. The van der Waals surface area contributed by atoms with Crippen LogP contribution in [0.25, 0.3) is 0 Å². The van der Waals surface area contributed by atoms with E-state index in [9.17, 15) is 0 Å². The van der Waals surface area contributed by atoms with Gasteiger partial charge in [-0.25, -0.2) is 0 Å². The maximum absolute atomic E-state index is 9.04. The van der Waals surface area contributed by atoms with Crippen LogP contribution >= 0.6 is 0 Å².